The normalized spacial score (nSPS) is 22.1. The second-order valence-electron chi connectivity index (χ2n) is 7.68. The minimum Gasteiger partial charge on any atom is -0.465 e. The third kappa shape index (κ3) is 7.19. The van der Waals surface area contributed by atoms with Crippen LogP contribution in [0.5, 0.6) is 0 Å². The first-order chi connectivity index (χ1) is 12.8. The highest BCUT2D eigenvalue weighted by Gasteiger charge is 2.30. The Hall–Kier alpha value is -2.12. The van der Waals surface area contributed by atoms with Gasteiger partial charge in [0.15, 0.2) is 0 Å². The number of benzene rings is 1. The van der Waals surface area contributed by atoms with Crippen LogP contribution in [0.2, 0.25) is 0 Å². The number of hydrogen-bond acceptors (Lipinski definition) is 4. The van der Waals surface area contributed by atoms with Gasteiger partial charge in [0, 0.05) is 13.1 Å². The molecule has 1 aliphatic rings. The van der Waals surface area contributed by atoms with Gasteiger partial charge in [0.25, 0.3) is 0 Å². The molecule has 1 aliphatic heterocycles. The highest BCUT2D eigenvalue weighted by Crippen LogP contribution is 2.15. The van der Waals surface area contributed by atoms with Crippen LogP contribution in [-0.4, -0.2) is 58.4 Å². The summed E-state index contributed by atoms with van der Waals surface area (Å²) in [5.41, 5.74) is 1.19. The number of amides is 2. The molecule has 1 aromatic carbocycles. The first-order valence-corrected chi connectivity index (χ1v) is 9.59. The van der Waals surface area contributed by atoms with Gasteiger partial charge < -0.3 is 20.8 Å². The number of nitrogens with zero attached hydrogens (tertiary/aromatic N) is 1. The van der Waals surface area contributed by atoms with Crippen molar-refractivity contribution in [1.29, 1.82) is 0 Å². The molecular formula is C20H31N3O4. The highest BCUT2D eigenvalue weighted by molar-refractivity contribution is 5.85. The predicted octanol–water partition coefficient (Wildman–Crippen LogP) is 1.81. The van der Waals surface area contributed by atoms with Crippen molar-refractivity contribution < 1.29 is 19.8 Å². The molecule has 0 bridgehead atoms. The standard InChI is InChI=1S/C20H31N3O4/c1-14(2)11-17(22-20(26)27)19(25)21-16-9-6-10-23(13-18(16)24)12-15-7-4-3-5-8-15/h3-5,7-8,14,16-18,22,24H,6,9-13H2,1-2H3,(H,21,25)(H,26,27)/t16?,17-,18?/m0/s1. The smallest absolute Gasteiger partial charge is 0.405 e. The summed E-state index contributed by atoms with van der Waals surface area (Å²) in [6.45, 7) is 5.95. The molecule has 7 nitrogen and oxygen atoms in total. The first-order valence-electron chi connectivity index (χ1n) is 9.59. The van der Waals surface area contributed by atoms with Gasteiger partial charge in [-0.05, 0) is 37.3 Å². The van der Waals surface area contributed by atoms with Gasteiger partial charge in [0.05, 0.1) is 12.1 Å². The summed E-state index contributed by atoms with van der Waals surface area (Å²) < 4.78 is 0. The van der Waals surface area contributed by atoms with Gasteiger partial charge >= 0.3 is 6.09 Å². The molecule has 1 heterocycles. The molecular weight excluding hydrogens is 346 g/mol. The minimum atomic E-state index is -1.22. The van der Waals surface area contributed by atoms with Gasteiger partial charge in [-0.2, -0.15) is 0 Å². The Labute approximate surface area is 160 Å². The fourth-order valence-corrected chi connectivity index (χ4v) is 3.50. The molecule has 0 spiro atoms. The van der Waals surface area contributed by atoms with Crippen LogP contribution in [0.25, 0.3) is 0 Å². The zero-order valence-corrected chi connectivity index (χ0v) is 16.1. The number of rotatable bonds is 7. The number of carboxylic acid groups (broad SMARTS) is 1. The number of aliphatic hydroxyl groups excluding tert-OH is 1. The van der Waals surface area contributed by atoms with E-state index < -0.39 is 18.2 Å². The Balaban J connectivity index is 1.93. The Bertz CT molecular complexity index is 609. The molecule has 27 heavy (non-hydrogen) atoms. The first kappa shape index (κ1) is 21.2. The van der Waals surface area contributed by atoms with Crippen LogP contribution < -0.4 is 10.6 Å². The second kappa shape index (κ2) is 10.3. The van der Waals surface area contributed by atoms with Crippen LogP contribution in [-0.2, 0) is 11.3 Å². The molecule has 150 valence electrons. The topological polar surface area (TPSA) is 102 Å². The van der Waals surface area contributed by atoms with Crippen molar-refractivity contribution >= 4 is 12.0 Å². The Morgan fingerprint density at radius 1 is 1.26 bits per heavy atom. The Morgan fingerprint density at radius 3 is 2.59 bits per heavy atom. The second-order valence-corrected chi connectivity index (χ2v) is 7.68. The highest BCUT2D eigenvalue weighted by atomic mass is 16.4. The number of aliphatic hydroxyl groups is 1. The van der Waals surface area contributed by atoms with Gasteiger partial charge in [-0.15, -0.1) is 0 Å². The lowest BCUT2D eigenvalue weighted by atomic mass is 10.0. The monoisotopic (exact) mass is 377 g/mol. The fraction of sp³-hybridized carbons (Fsp3) is 0.600. The van der Waals surface area contributed by atoms with Crippen LogP contribution in [0.15, 0.2) is 30.3 Å². The van der Waals surface area contributed by atoms with Gasteiger partial charge in [0.2, 0.25) is 5.91 Å². The maximum atomic E-state index is 12.6. The van der Waals surface area contributed by atoms with E-state index in [2.05, 4.69) is 27.7 Å². The average Bonchev–Trinajstić information content (AvgIpc) is 2.76. The summed E-state index contributed by atoms with van der Waals surface area (Å²) in [7, 11) is 0. The SMILES string of the molecule is CC(C)C[C@H](NC(=O)O)C(=O)NC1CCCN(Cc2ccccc2)CC1O. The molecule has 0 aliphatic carbocycles. The molecule has 2 rings (SSSR count). The van der Waals surface area contributed by atoms with Gasteiger partial charge in [0.1, 0.15) is 6.04 Å². The van der Waals surface area contributed by atoms with Crippen LogP contribution in [0.3, 0.4) is 0 Å². The summed E-state index contributed by atoms with van der Waals surface area (Å²) in [4.78, 5) is 25.7. The number of likely N-dealkylation sites (tertiary alicyclic amines) is 1. The van der Waals surface area contributed by atoms with Crippen molar-refractivity contribution in [3.05, 3.63) is 35.9 Å². The van der Waals surface area contributed by atoms with Gasteiger partial charge in [-0.3, -0.25) is 9.69 Å². The lowest BCUT2D eigenvalue weighted by Crippen LogP contribution is -2.53. The van der Waals surface area contributed by atoms with Crippen molar-refractivity contribution in [3.8, 4) is 0 Å². The molecule has 0 radical (unpaired) electrons. The van der Waals surface area contributed by atoms with E-state index in [1.807, 2.05) is 32.0 Å². The summed E-state index contributed by atoms with van der Waals surface area (Å²) in [5, 5.41) is 24.7. The molecule has 2 unspecified atom stereocenters. The number of nitrogens with one attached hydrogen (secondary N) is 2. The van der Waals surface area contributed by atoms with Gasteiger partial charge in [-0.25, -0.2) is 4.79 Å². The predicted molar refractivity (Wildman–Crippen MR) is 103 cm³/mol. The Kier molecular flexibility index (Phi) is 8.06. The van der Waals surface area contributed by atoms with E-state index in [0.29, 0.717) is 19.4 Å². The third-order valence-corrected chi connectivity index (χ3v) is 4.80. The summed E-state index contributed by atoms with van der Waals surface area (Å²) >= 11 is 0. The Morgan fingerprint density at radius 2 is 1.96 bits per heavy atom. The zero-order valence-electron chi connectivity index (χ0n) is 16.1. The number of hydrogen-bond donors (Lipinski definition) is 4. The molecule has 4 N–H and O–H groups in total. The molecule has 2 amide bonds. The van der Waals surface area contributed by atoms with Crippen LogP contribution in [0, 0.1) is 5.92 Å². The molecule has 1 saturated heterocycles. The summed E-state index contributed by atoms with van der Waals surface area (Å²) in [5.74, 6) is -0.195. The molecule has 1 aromatic rings. The van der Waals surface area contributed by atoms with Crippen molar-refractivity contribution in [2.75, 3.05) is 13.1 Å². The number of carbonyl (C=O) groups excluding carboxylic acids is 1. The third-order valence-electron chi connectivity index (χ3n) is 4.80. The molecule has 7 heteroatoms. The maximum Gasteiger partial charge on any atom is 0.405 e. The van der Waals surface area contributed by atoms with E-state index in [1.165, 1.54) is 5.56 Å². The van der Waals surface area contributed by atoms with Crippen molar-refractivity contribution in [1.82, 2.24) is 15.5 Å². The quantitative estimate of drug-likeness (QED) is 0.580. The lowest BCUT2D eigenvalue weighted by Gasteiger charge is -2.27. The van der Waals surface area contributed by atoms with E-state index in [-0.39, 0.29) is 17.9 Å². The molecule has 3 atom stereocenters. The minimum absolute atomic E-state index is 0.174. The van der Waals surface area contributed by atoms with E-state index in [0.717, 1.165) is 19.5 Å². The number of carbonyl (C=O) groups is 2. The largest absolute Gasteiger partial charge is 0.465 e. The van der Waals surface area contributed by atoms with Crippen molar-refractivity contribution in [3.63, 3.8) is 0 Å². The number of β-amino-alcohol motifs (C(OH)–C–C–N with tert-alkyl or cyclic N) is 1. The van der Waals surface area contributed by atoms with E-state index in [9.17, 15) is 14.7 Å². The van der Waals surface area contributed by atoms with E-state index >= 15 is 0 Å². The van der Waals surface area contributed by atoms with Crippen molar-refractivity contribution in [2.45, 2.75) is 57.8 Å². The fourth-order valence-electron chi connectivity index (χ4n) is 3.50. The summed E-state index contributed by atoms with van der Waals surface area (Å²) in [6, 6.07) is 8.91. The zero-order chi connectivity index (χ0) is 19.8. The average molecular weight is 377 g/mol. The van der Waals surface area contributed by atoms with E-state index in [4.69, 9.17) is 5.11 Å². The molecule has 0 aromatic heterocycles. The van der Waals surface area contributed by atoms with Gasteiger partial charge in [-0.1, -0.05) is 44.2 Å². The molecule has 1 fully saturated rings. The van der Waals surface area contributed by atoms with Crippen molar-refractivity contribution in [2.24, 2.45) is 5.92 Å². The van der Waals surface area contributed by atoms with Crippen LogP contribution in [0.4, 0.5) is 4.79 Å². The van der Waals surface area contributed by atoms with Crippen LogP contribution in [0.1, 0.15) is 38.7 Å². The molecule has 0 saturated carbocycles. The summed E-state index contributed by atoms with van der Waals surface area (Å²) in [6.07, 6.45) is 0.0347. The lowest BCUT2D eigenvalue weighted by molar-refractivity contribution is -0.125. The maximum absolute atomic E-state index is 12.6. The van der Waals surface area contributed by atoms with Crippen LogP contribution >= 0.6 is 0 Å². The van der Waals surface area contributed by atoms with E-state index in [1.54, 1.807) is 0 Å².